The van der Waals surface area contributed by atoms with Crippen LogP contribution in [0.25, 0.3) is 0 Å². The molecule has 0 radical (unpaired) electrons. The number of aromatic hydroxyl groups is 1. The lowest BCUT2D eigenvalue weighted by molar-refractivity contribution is -0.133. The van der Waals surface area contributed by atoms with Gasteiger partial charge in [0.05, 0.1) is 50.5 Å². The number of methoxy groups -OCH3 is 3. The van der Waals surface area contributed by atoms with Crippen LogP contribution in [0.4, 0.5) is 0 Å². The number of nitrogens with zero attached hydrogens (tertiary/aromatic N) is 6. The van der Waals surface area contributed by atoms with Crippen molar-refractivity contribution in [2.45, 2.75) is 171 Å². The molecule has 2 fully saturated rings. The number of hydrogen-bond acceptors (Lipinski definition) is 21. The Bertz CT molecular complexity index is 3540. The van der Waals surface area contributed by atoms with E-state index in [0.717, 1.165) is 55.6 Å². The Morgan fingerprint density at radius 3 is 1.37 bits per heavy atom. The van der Waals surface area contributed by atoms with Crippen LogP contribution < -0.4 is 53.3 Å². The first-order valence-electron chi connectivity index (χ1n) is 28.5. The number of piperazine rings is 2. The number of benzene rings is 4. The van der Waals surface area contributed by atoms with E-state index in [4.69, 9.17) is 47.4 Å². The molecule has 4 bridgehead atoms. The second kappa shape index (κ2) is 26.6. The van der Waals surface area contributed by atoms with Crippen molar-refractivity contribution in [2.75, 3.05) is 68.9 Å². The number of phenolic OH excluding ortho intramolecular Hbond substituents is 1. The van der Waals surface area contributed by atoms with Gasteiger partial charge in [-0.1, -0.05) is 41.8 Å². The summed E-state index contributed by atoms with van der Waals surface area (Å²) < 4.78 is 58.5. The molecule has 2 saturated heterocycles. The Morgan fingerprint density at radius 2 is 0.978 bits per heavy atom. The zero-order valence-electron chi connectivity index (χ0n) is 50.1. The van der Waals surface area contributed by atoms with Crippen molar-refractivity contribution in [3.63, 3.8) is 0 Å². The molecule has 10 atom stereocenters. The molecule has 8 aliphatic rings. The third-order valence-corrected chi connectivity index (χ3v) is 18.4. The fourth-order valence-corrected chi connectivity index (χ4v) is 15.3. The summed E-state index contributed by atoms with van der Waals surface area (Å²) in [5, 5.41) is 38.9. The molecular weight excluding hydrogens is 1140 g/mol. The maximum atomic E-state index is 12.4. The van der Waals surface area contributed by atoms with Crippen molar-refractivity contribution in [1.82, 2.24) is 30.2 Å². The normalized spacial score (nSPS) is 24.2. The number of nitrogens with one attached hydrogen (secondary N) is 2. The van der Waals surface area contributed by atoms with Crippen LogP contribution in [0.1, 0.15) is 148 Å². The summed E-state index contributed by atoms with van der Waals surface area (Å²) in [6.45, 7) is 13.7. The van der Waals surface area contributed by atoms with E-state index in [1.165, 1.54) is 27.7 Å². The number of fused-ring (bicyclic) bond motifs is 18. The third-order valence-electron chi connectivity index (χ3n) is 18.4. The van der Waals surface area contributed by atoms with E-state index < -0.39 is 36.1 Å². The Hall–Kier alpha value is -8.06. The average molecular weight is 1230 g/mol. The number of hydrogen-bond donors (Lipinski definition) is 3. The van der Waals surface area contributed by atoms with Gasteiger partial charge < -0.3 is 63.1 Å². The predicted molar refractivity (Wildman–Crippen MR) is 330 cm³/mol. The third kappa shape index (κ3) is 11.0. The minimum Gasteiger partial charge on any atom is -0.504 e. The number of aryl methyl sites for hydroxylation is 2. The topological polar surface area (TPSA) is 265 Å². The van der Waals surface area contributed by atoms with Crippen LogP contribution in [-0.2, 0) is 49.6 Å². The first-order valence-corrected chi connectivity index (χ1v) is 28.5. The van der Waals surface area contributed by atoms with Gasteiger partial charge in [-0.25, -0.2) is 0 Å². The highest BCUT2D eigenvalue weighted by Gasteiger charge is 2.59. The second-order valence-corrected chi connectivity index (χ2v) is 23.1. The lowest BCUT2D eigenvalue weighted by Crippen LogP contribution is -2.68. The van der Waals surface area contributed by atoms with Crippen molar-refractivity contribution in [3.05, 3.63) is 78.9 Å². The predicted octanol–water partition coefficient (Wildman–Crippen LogP) is 7.98. The Balaban J connectivity index is 0.000000243. The van der Waals surface area contributed by atoms with Gasteiger partial charge in [0, 0.05) is 117 Å². The summed E-state index contributed by atoms with van der Waals surface area (Å²) in [5.41, 5.74) is 9.99. The summed E-state index contributed by atoms with van der Waals surface area (Å²) >= 11 is 0. The number of carbonyl (C=O) groups is 4. The van der Waals surface area contributed by atoms with Crippen LogP contribution in [0.5, 0.6) is 57.5 Å². The number of esters is 2. The number of amides is 2. The number of likely N-dealkylation sites (N-methyl/N-ethyl adjacent to an activating group) is 2. The molecule has 0 spiro atoms. The van der Waals surface area contributed by atoms with Crippen LogP contribution in [0.15, 0.2) is 12.1 Å². The van der Waals surface area contributed by atoms with Gasteiger partial charge in [0.1, 0.15) is 23.6 Å². The van der Waals surface area contributed by atoms with Crippen molar-refractivity contribution in [3.8, 4) is 69.6 Å². The van der Waals surface area contributed by atoms with Gasteiger partial charge in [0.2, 0.25) is 25.4 Å². The molecular formula is C66H88N8O15. The maximum absolute atomic E-state index is 12.4. The average Bonchev–Trinajstić information content (AvgIpc) is 1.02. The SMILES string of the molecule is C.C.C.C.COCOc1c(OC)c(C)cc2c1[C@@H]1C3Cc4c(OC(C)=O)c(C)c5c(c4[C@H](CNC(C)=O)N3[C@@H](C#N)[C@H](C2)N1C)OCO5.COc1c(C)cc2c(c1O)[C@@H]1C3Cc4c(OC(C)=O)c(C)c5c(c4[C@H](CNC(C)=O)N3[C@@H](C#N)[C@H](C2)N1C)OCO5. The summed E-state index contributed by atoms with van der Waals surface area (Å²) in [4.78, 5) is 58.0. The minimum atomic E-state index is -0.540. The Morgan fingerprint density at radius 1 is 0.573 bits per heavy atom. The number of ether oxygens (including phenoxy) is 10. The summed E-state index contributed by atoms with van der Waals surface area (Å²) in [7, 11) is 8.77. The van der Waals surface area contributed by atoms with Gasteiger partial charge >= 0.3 is 11.9 Å². The molecule has 89 heavy (non-hydrogen) atoms. The molecule has 23 nitrogen and oxygen atoms in total. The fourth-order valence-electron chi connectivity index (χ4n) is 15.3. The van der Waals surface area contributed by atoms with Crippen LogP contribution in [0.2, 0.25) is 0 Å². The molecule has 3 N–H and O–H groups in total. The quantitative estimate of drug-likeness (QED) is 0.0730. The molecule has 482 valence electrons. The molecule has 0 aliphatic carbocycles. The van der Waals surface area contributed by atoms with E-state index >= 15 is 0 Å². The van der Waals surface area contributed by atoms with Gasteiger partial charge in [-0.05, 0) is 89.7 Å². The van der Waals surface area contributed by atoms with Crippen LogP contribution >= 0.6 is 0 Å². The number of phenols is 1. The fraction of sp³-hybridized carbons (Fsp3) is 0.545. The van der Waals surface area contributed by atoms with Gasteiger partial charge in [-0.3, -0.25) is 38.8 Å². The van der Waals surface area contributed by atoms with E-state index in [0.29, 0.717) is 88.6 Å². The first-order chi connectivity index (χ1) is 40.7. The van der Waals surface area contributed by atoms with E-state index in [2.05, 4.69) is 48.4 Å². The van der Waals surface area contributed by atoms with Gasteiger partial charge in [0.15, 0.2) is 52.8 Å². The summed E-state index contributed by atoms with van der Waals surface area (Å²) in [6, 6.07) is 5.86. The van der Waals surface area contributed by atoms with Crippen molar-refractivity contribution >= 4 is 23.8 Å². The monoisotopic (exact) mass is 1230 g/mol. The highest BCUT2D eigenvalue weighted by atomic mass is 16.7. The van der Waals surface area contributed by atoms with Gasteiger partial charge in [-0.15, -0.1) is 0 Å². The maximum Gasteiger partial charge on any atom is 0.308 e. The number of nitriles is 2. The van der Waals surface area contributed by atoms with Crippen LogP contribution in [0, 0.1) is 50.4 Å². The van der Waals surface area contributed by atoms with E-state index in [1.807, 2.05) is 47.9 Å². The van der Waals surface area contributed by atoms with Crippen molar-refractivity contribution < 1.29 is 71.7 Å². The second-order valence-electron chi connectivity index (χ2n) is 23.1. The summed E-state index contributed by atoms with van der Waals surface area (Å²) in [5.74, 6) is 3.39. The largest absolute Gasteiger partial charge is 0.504 e. The molecule has 2 amide bonds. The van der Waals surface area contributed by atoms with Crippen LogP contribution in [-0.4, -0.2) is 154 Å². The van der Waals surface area contributed by atoms with Crippen molar-refractivity contribution in [1.29, 1.82) is 10.5 Å². The molecule has 4 aromatic carbocycles. The molecule has 2 unspecified atom stereocenters. The molecule has 8 aliphatic heterocycles. The van der Waals surface area contributed by atoms with Gasteiger partial charge in [0.25, 0.3) is 0 Å². The lowest BCUT2D eigenvalue weighted by Gasteiger charge is -2.60. The highest BCUT2D eigenvalue weighted by molar-refractivity contribution is 5.77. The Labute approximate surface area is 522 Å². The zero-order chi connectivity index (χ0) is 60.8. The summed E-state index contributed by atoms with van der Waals surface area (Å²) in [6.07, 6.45) is 2.01. The number of carbonyl (C=O) groups excluding carboxylic acids is 4. The lowest BCUT2D eigenvalue weighted by atomic mass is 9.71. The first kappa shape index (κ1) is 68.4. The van der Waals surface area contributed by atoms with Crippen molar-refractivity contribution in [2.24, 2.45) is 0 Å². The molecule has 12 rings (SSSR count). The number of rotatable bonds is 11. The molecule has 4 aromatic rings. The molecule has 8 heterocycles. The molecule has 0 aromatic heterocycles. The van der Waals surface area contributed by atoms with E-state index in [9.17, 15) is 34.8 Å². The highest BCUT2D eigenvalue weighted by Crippen LogP contribution is 2.61. The van der Waals surface area contributed by atoms with E-state index in [-0.39, 0.29) is 117 Å². The standard InChI is InChI=1S/C32H38N4O8.C30H34N4O7.4CH4/c1-15-8-19-9-21-23(11-33)36-22(27(35(21)5)25(19)31(28(15)40-7)41-13-39-6)10-20-26(24(36)12-34-17(3)37)32-30(42-14-43-32)16(2)29(20)44-18(4)38;1-13-7-17-8-19-21(10-31)34-20(25(33(19)5)23(17)26(37)27(13)38-6)9-18-24(22(34)11-32-15(3)35)30-29(39-12-40-30)14(2)28(18)41-16(4)36;;;;/h8,21-24,27H,9-10,12-14H2,1-7H3,(H,34,37);7,19-22,25,37H,8-9,11-12H2,1-6H3,(H,32,35);4*1H4/t21-,22?,23-,24-,27-;19-,20?,21-,22-,25-;;;;/m00..../s1. The minimum absolute atomic E-state index is 0. The van der Waals surface area contributed by atoms with E-state index in [1.54, 1.807) is 21.3 Å². The smallest absolute Gasteiger partial charge is 0.308 e. The molecule has 0 saturated carbocycles. The zero-order valence-corrected chi connectivity index (χ0v) is 50.1. The van der Waals surface area contributed by atoms with Gasteiger partial charge in [-0.2, -0.15) is 10.5 Å². The molecule has 23 heteroatoms. The Kier molecular flexibility index (Phi) is 20.4. The van der Waals surface area contributed by atoms with Crippen LogP contribution in [0.3, 0.4) is 0 Å².